The van der Waals surface area contributed by atoms with Gasteiger partial charge in [0.2, 0.25) is 11.8 Å². The van der Waals surface area contributed by atoms with Crippen molar-refractivity contribution < 1.29 is 22.8 Å². The van der Waals surface area contributed by atoms with Gasteiger partial charge in [0.1, 0.15) is 11.9 Å². The SMILES string of the molecule is CC(C)C(NC(=O)Cc1ccccc1)C(=O)N1CCN(c2ccc(C(F)(F)F)cn2)CC1. The predicted octanol–water partition coefficient (Wildman–Crippen LogP) is 3.13. The number of aromatic nitrogens is 1. The molecule has 0 aliphatic carbocycles. The average Bonchev–Trinajstić information content (AvgIpc) is 2.77. The van der Waals surface area contributed by atoms with Crippen LogP contribution in [0.2, 0.25) is 0 Å². The second kappa shape index (κ2) is 10.0. The van der Waals surface area contributed by atoms with Gasteiger partial charge in [-0.15, -0.1) is 0 Å². The molecule has 1 fully saturated rings. The molecule has 1 aliphatic heterocycles. The molecule has 2 heterocycles. The fourth-order valence-electron chi connectivity index (χ4n) is 3.61. The van der Waals surface area contributed by atoms with Gasteiger partial charge < -0.3 is 15.1 Å². The number of hydrogen-bond acceptors (Lipinski definition) is 4. The van der Waals surface area contributed by atoms with Crippen LogP contribution in [-0.4, -0.2) is 53.9 Å². The Balaban J connectivity index is 1.57. The monoisotopic (exact) mass is 448 g/mol. The minimum atomic E-state index is -4.42. The van der Waals surface area contributed by atoms with Crippen molar-refractivity contribution in [1.29, 1.82) is 0 Å². The molecular weight excluding hydrogens is 421 g/mol. The molecule has 3 rings (SSSR count). The summed E-state index contributed by atoms with van der Waals surface area (Å²) in [5.74, 6) is -0.00390. The highest BCUT2D eigenvalue weighted by molar-refractivity contribution is 5.88. The van der Waals surface area contributed by atoms with Gasteiger partial charge in [0.25, 0.3) is 0 Å². The van der Waals surface area contributed by atoms with Crippen LogP contribution in [0, 0.1) is 5.92 Å². The maximum Gasteiger partial charge on any atom is 0.417 e. The molecule has 9 heteroatoms. The summed E-state index contributed by atoms with van der Waals surface area (Å²) >= 11 is 0. The zero-order valence-corrected chi connectivity index (χ0v) is 18.1. The molecule has 32 heavy (non-hydrogen) atoms. The van der Waals surface area contributed by atoms with Gasteiger partial charge in [-0.1, -0.05) is 44.2 Å². The lowest BCUT2D eigenvalue weighted by Gasteiger charge is -2.37. The van der Waals surface area contributed by atoms with Crippen LogP contribution in [0.5, 0.6) is 0 Å². The molecule has 0 spiro atoms. The lowest BCUT2D eigenvalue weighted by molar-refractivity contribution is -0.138. The Morgan fingerprint density at radius 2 is 1.69 bits per heavy atom. The van der Waals surface area contributed by atoms with Gasteiger partial charge in [-0.25, -0.2) is 4.98 Å². The van der Waals surface area contributed by atoms with E-state index in [-0.39, 0.29) is 24.2 Å². The van der Waals surface area contributed by atoms with Crippen LogP contribution in [0.15, 0.2) is 48.7 Å². The van der Waals surface area contributed by atoms with Crippen molar-refractivity contribution in [3.05, 3.63) is 59.8 Å². The second-order valence-electron chi connectivity index (χ2n) is 8.17. The summed E-state index contributed by atoms with van der Waals surface area (Å²) in [5, 5.41) is 2.86. The van der Waals surface area contributed by atoms with Gasteiger partial charge in [0.05, 0.1) is 12.0 Å². The summed E-state index contributed by atoms with van der Waals surface area (Å²) in [6.07, 6.45) is -3.40. The number of carbonyl (C=O) groups excluding carboxylic acids is 2. The Morgan fingerprint density at radius 1 is 1.03 bits per heavy atom. The summed E-state index contributed by atoms with van der Waals surface area (Å²) in [4.78, 5) is 33.0. The van der Waals surface area contributed by atoms with Crippen LogP contribution in [0.4, 0.5) is 19.0 Å². The van der Waals surface area contributed by atoms with E-state index in [1.165, 1.54) is 6.07 Å². The third-order valence-corrected chi connectivity index (χ3v) is 5.45. The Labute approximate surface area is 185 Å². The van der Waals surface area contributed by atoms with Crippen LogP contribution in [-0.2, 0) is 22.2 Å². The third-order valence-electron chi connectivity index (χ3n) is 5.45. The fraction of sp³-hybridized carbons (Fsp3) is 0.435. The molecule has 1 atom stereocenters. The van der Waals surface area contributed by atoms with Crippen LogP contribution in [0.1, 0.15) is 25.0 Å². The molecule has 1 unspecified atom stereocenters. The van der Waals surface area contributed by atoms with Gasteiger partial charge in [-0.3, -0.25) is 9.59 Å². The first-order valence-electron chi connectivity index (χ1n) is 10.6. The molecule has 1 aromatic carbocycles. The minimum Gasteiger partial charge on any atom is -0.353 e. The summed E-state index contributed by atoms with van der Waals surface area (Å²) < 4.78 is 38.2. The third kappa shape index (κ3) is 5.99. The first-order valence-corrected chi connectivity index (χ1v) is 10.6. The summed E-state index contributed by atoms with van der Waals surface area (Å²) in [7, 11) is 0. The van der Waals surface area contributed by atoms with E-state index in [2.05, 4.69) is 10.3 Å². The first-order chi connectivity index (χ1) is 15.1. The largest absolute Gasteiger partial charge is 0.417 e. The zero-order chi connectivity index (χ0) is 23.3. The number of amides is 2. The molecule has 2 amide bonds. The number of nitrogens with one attached hydrogen (secondary N) is 1. The normalized spacial score (nSPS) is 15.6. The van der Waals surface area contributed by atoms with Gasteiger partial charge in [0.15, 0.2) is 0 Å². The summed E-state index contributed by atoms with van der Waals surface area (Å²) in [6, 6.07) is 11.0. The molecular formula is C23H27F3N4O2. The molecule has 1 saturated heterocycles. The average molecular weight is 448 g/mol. The van der Waals surface area contributed by atoms with E-state index in [1.807, 2.05) is 49.1 Å². The molecule has 2 aromatic rings. The van der Waals surface area contributed by atoms with Crippen molar-refractivity contribution in [2.45, 2.75) is 32.5 Å². The van der Waals surface area contributed by atoms with Crippen LogP contribution in [0.3, 0.4) is 0 Å². The lowest BCUT2D eigenvalue weighted by atomic mass is 10.0. The molecule has 172 valence electrons. The standard InChI is InChI=1S/C23H27F3N4O2/c1-16(2)21(28-20(31)14-17-6-4-3-5-7-17)22(32)30-12-10-29(11-13-30)19-9-8-18(15-27-19)23(24,25)26/h3-9,15-16,21H,10-14H2,1-2H3,(H,28,31). The smallest absolute Gasteiger partial charge is 0.353 e. The Kier molecular flexibility index (Phi) is 7.37. The Bertz CT molecular complexity index is 909. The number of alkyl halides is 3. The Hall–Kier alpha value is -3.10. The predicted molar refractivity (Wildman–Crippen MR) is 115 cm³/mol. The summed E-state index contributed by atoms with van der Waals surface area (Å²) in [6.45, 7) is 5.47. The van der Waals surface area contributed by atoms with E-state index in [0.29, 0.717) is 32.0 Å². The van der Waals surface area contributed by atoms with Gasteiger partial charge in [-0.05, 0) is 23.6 Å². The highest BCUT2D eigenvalue weighted by atomic mass is 19.4. The molecule has 1 N–H and O–H groups in total. The van der Waals surface area contributed by atoms with E-state index in [1.54, 1.807) is 4.90 Å². The van der Waals surface area contributed by atoms with Crippen molar-refractivity contribution in [3.8, 4) is 0 Å². The minimum absolute atomic E-state index is 0.0863. The summed E-state index contributed by atoms with van der Waals surface area (Å²) in [5.41, 5.74) is 0.0821. The number of pyridine rings is 1. The molecule has 1 aromatic heterocycles. The molecule has 0 bridgehead atoms. The van der Waals surface area contributed by atoms with Crippen molar-refractivity contribution in [3.63, 3.8) is 0 Å². The maximum atomic E-state index is 13.1. The van der Waals surface area contributed by atoms with Crippen molar-refractivity contribution >= 4 is 17.6 Å². The van der Waals surface area contributed by atoms with Crippen molar-refractivity contribution in [1.82, 2.24) is 15.2 Å². The number of carbonyl (C=O) groups is 2. The second-order valence-corrected chi connectivity index (χ2v) is 8.17. The molecule has 0 radical (unpaired) electrons. The Morgan fingerprint density at radius 3 is 2.22 bits per heavy atom. The van der Waals surface area contributed by atoms with Gasteiger partial charge in [0, 0.05) is 32.4 Å². The van der Waals surface area contributed by atoms with Crippen molar-refractivity contribution in [2.75, 3.05) is 31.1 Å². The van der Waals surface area contributed by atoms with E-state index >= 15 is 0 Å². The van der Waals surface area contributed by atoms with Crippen LogP contribution < -0.4 is 10.2 Å². The quantitative estimate of drug-likeness (QED) is 0.738. The maximum absolute atomic E-state index is 13.1. The fourth-order valence-corrected chi connectivity index (χ4v) is 3.61. The molecule has 0 saturated carbocycles. The van der Waals surface area contributed by atoms with E-state index in [9.17, 15) is 22.8 Å². The number of anilines is 1. The topological polar surface area (TPSA) is 65.5 Å². The van der Waals surface area contributed by atoms with Gasteiger partial charge in [-0.2, -0.15) is 13.2 Å². The lowest BCUT2D eigenvalue weighted by Crippen LogP contribution is -2.56. The van der Waals surface area contributed by atoms with Crippen LogP contribution in [0.25, 0.3) is 0 Å². The number of nitrogens with zero attached hydrogens (tertiary/aromatic N) is 3. The number of rotatable bonds is 6. The van der Waals surface area contributed by atoms with E-state index in [0.717, 1.165) is 17.8 Å². The highest BCUT2D eigenvalue weighted by Gasteiger charge is 2.32. The molecule has 1 aliphatic rings. The van der Waals surface area contributed by atoms with E-state index < -0.39 is 17.8 Å². The number of benzene rings is 1. The van der Waals surface area contributed by atoms with Gasteiger partial charge >= 0.3 is 6.18 Å². The van der Waals surface area contributed by atoms with E-state index in [4.69, 9.17) is 0 Å². The number of halogens is 3. The molecule has 6 nitrogen and oxygen atoms in total. The van der Waals surface area contributed by atoms with Crippen LogP contribution >= 0.6 is 0 Å². The highest BCUT2D eigenvalue weighted by Crippen LogP contribution is 2.29. The van der Waals surface area contributed by atoms with Crippen molar-refractivity contribution in [2.24, 2.45) is 5.92 Å². The zero-order valence-electron chi connectivity index (χ0n) is 18.1. The number of hydrogen-bond donors (Lipinski definition) is 1. The first kappa shape index (κ1) is 23.6. The number of piperazine rings is 1.